The monoisotopic (exact) mass is 280 g/mol. The predicted molar refractivity (Wildman–Crippen MR) is 78.2 cm³/mol. The van der Waals surface area contributed by atoms with Crippen LogP contribution >= 0.6 is 0 Å². The maximum Gasteiger partial charge on any atom is 0.251 e. The summed E-state index contributed by atoms with van der Waals surface area (Å²) in [4.78, 5) is 15.8. The summed E-state index contributed by atoms with van der Waals surface area (Å²) in [5, 5.41) is 5.60. The molecule has 1 rings (SSSR count). The molecule has 6 heteroatoms. The van der Waals surface area contributed by atoms with E-state index in [9.17, 15) is 9.18 Å². The van der Waals surface area contributed by atoms with Crippen molar-refractivity contribution in [3.05, 3.63) is 35.1 Å². The summed E-state index contributed by atoms with van der Waals surface area (Å²) < 4.78 is 13.3. The first-order valence-corrected chi connectivity index (χ1v) is 6.51. The molecule has 0 atom stereocenters. The lowest BCUT2D eigenvalue weighted by Crippen LogP contribution is -2.37. The molecule has 0 aliphatic heterocycles. The van der Waals surface area contributed by atoms with E-state index >= 15 is 0 Å². The highest BCUT2D eigenvalue weighted by Crippen LogP contribution is 2.08. The number of rotatable bonds is 5. The van der Waals surface area contributed by atoms with E-state index in [-0.39, 0.29) is 17.8 Å². The molecule has 0 fully saturated rings. The number of carbonyl (C=O) groups is 1. The van der Waals surface area contributed by atoms with Gasteiger partial charge in [-0.3, -0.25) is 9.79 Å². The van der Waals surface area contributed by atoms with E-state index < -0.39 is 0 Å². The Bertz CT molecular complexity index is 500. The van der Waals surface area contributed by atoms with Gasteiger partial charge in [-0.25, -0.2) is 4.39 Å². The molecule has 1 aromatic carbocycles. The van der Waals surface area contributed by atoms with Crippen LogP contribution in [-0.4, -0.2) is 31.0 Å². The molecular formula is C14H21FN4O. The number of hydrogen-bond donors (Lipinski definition) is 3. The first-order valence-electron chi connectivity index (χ1n) is 6.51. The van der Waals surface area contributed by atoms with Crippen LogP contribution in [-0.2, 0) is 0 Å². The molecular weight excluding hydrogens is 259 g/mol. The van der Waals surface area contributed by atoms with Crippen LogP contribution in [0.25, 0.3) is 0 Å². The number of carbonyl (C=O) groups excluding carboxylic acids is 1. The van der Waals surface area contributed by atoms with Gasteiger partial charge in [0.2, 0.25) is 0 Å². The van der Waals surface area contributed by atoms with Crippen molar-refractivity contribution in [3.8, 4) is 0 Å². The average Bonchev–Trinajstić information content (AvgIpc) is 2.36. The molecule has 1 aromatic rings. The Kier molecular flexibility index (Phi) is 5.96. The summed E-state index contributed by atoms with van der Waals surface area (Å²) in [6.07, 6.45) is 0. The summed E-state index contributed by atoms with van der Waals surface area (Å²) in [6.45, 7) is 6.27. The molecule has 0 heterocycles. The van der Waals surface area contributed by atoms with Crippen LogP contribution in [0.1, 0.15) is 29.8 Å². The first kappa shape index (κ1) is 15.9. The van der Waals surface area contributed by atoms with Gasteiger partial charge in [0.15, 0.2) is 5.96 Å². The van der Waals surface area contributed by atoms with Gasteiger partial charge in [-0.2, -0.15) is 0 Å². The van der Waals surface area contributed by atoms with Gasteiger partial charge in [0.05, 0.1) is 6.54 Å². The first-order chi connectivity index (χ1) is 9.40. The molecule has 0 saturated heterocycles. The highest BCUT2D eigenvalue weighted by Gasteiger charge is 2.07. The van der Waals surface area contributed by atoms with Crippen molar-refractivity contribution in [2.24, 2.45) is 10.7 Å². The van der Waals surface area contributed by atoms with Crippen molar-refractivity contribution in [1.29, 1.82) is 0 Å². The Morgan fingerprint density at radius 1 is 1.45 bits per heavy atom. The number of aliphatic imine (C=N–C) groups is 1. The number of nitrogens with two attached hydrogens (primary N) is 1. The zero-order chi connectivity index (χ0) is 15.1. The number of benzene rings is 1. The van der Waals surface area contributed by atoms with Gasteiger partial charge >= 0.3 is 0 Å². The van der Waals surface area contributed by atoms with Gasteiger partial charge in [0, 0.05) is 18.2 Å². The number of nitrogens with zero attached hydrogens (tertiary/aromatic N) is 1. The molecule has 0 unspecified atom stereocenters. The van der Waals surface area contributed by atoms with Gasteiger partial charge in [-0.05, 0) is 38.5 Å². The fourth-order valence-corrected chi connectivity index (χ4v) is 1.52. The third-order valence-electron chi connectivity index (χ3n) is 2.55. The maximum atomic E-state index is 13.3. The Labute approximate surface area is 118 Å². The largest absolute Gasteiger partial charge is 0.370 e. The highest BCUT2D eigenvalue weighted by molar-refractivity contribution is 5.94. The van der Waals surface area contributed by atoms with Crippen LogP contribution in [0.2, 0.25) is 0 Å². The number of halogens is 1. The van der Waals surface area contributed by atoms with Crippen LogP contribution in [0.15, 0.2) is 23.2 Å². The van der Waals surface area contributed by atoms with Crippen molar-refractivity contribution in [3.63, 3.8) is 0 Å². The normalized spacial score (nSPS) is 11.6. The van der Waals surface area contributed by atoms with Gasteiger partial charge in [-0.1, -0.05) is 6.07 Å². The fourth-order valence-electron chi connectivity index (χ4n) is 1.52. The van der Waals surface area contributed by atoms with Crippen LogP contribution in [0.3, 0.4) is 0 Å². The van der Waals surface area contributed by atoms with E-state index in [0.717, 1.165) is 0 Å². The molecule has 0 saturated carbocycles. The molecule has 20 heavy (non-hydrogen) atoms. The summed E-state index contributed by atoms with van der Waals surface area (Å²) in [7, 11) is 0. The quantitative estimate of drug-likeness (QED) is 0.430. The van der Waals surface area contributed by atoms with Crippen LogP contribution in [0, 0.1) is 12.7 Å². The second kappa shape index (κ2) is 7.47. The van der Waals surface area contributed by atoms with E-state index in [1.165, 1.54) is 6.07 Å². The van der Waals surface area contributed by atoms with Crippen molar-refractivity contribution in [2.45, 2.75) is 26.8 Å². The fraction of sp³-hybridized carbons (Fsp3) is 0.429. The molecule has 1 amide bonds. The molecule has 0 aliphatic carbocycles. The van der Waals surface area contributed by atoms with Gasteiger partial charge in [0.1, 0.15) is 5.82 Å². The standard InChI is InChI=1S/C14H21FN4O/c1-9(2)19-14(16)18-7-6-17-13(20)11-5-4-10(3)12(15)8-11/h4-5,8-9H,6-7H2,1-3H3,(H,17,20)(H3,16,18,19). The predicted octanol–water partition coefficient (Wildman–Crippen LogP) is 1.18. The zero-order valence-corrected chi connectivity index (χ0v) is 12.0. The van der Waals surface area contributed by atoms with E-state index in [0.29, 0.717) is 30.2 Å². The average molecular weight is 280 g/mol. The molecule has 0 radical (unpaired) electrons. The lowest BCUT2D eigenvalue weighted by molar-refractivity contribution is 0.0954. The summed E-state index contributed by atoms with van der Waals surface area (Å²) in [5.74, 6) is -0.369. The van der Waals surface area contributed by atoms with Crippen molar-refractivity contribution in [2.75, 3.05) is 13.1 Å². The summed E-state index contributed by atoms with van der Waals surface area (Å²) >= 11 is 0. The highest BCUT2D eigenvalue weighted by atomic mass is 19.1. The third-order valence-corrected chi connectivity index (χ3v) is 2.55. The van der Waals surface area contributed by atoms with E-state index in [1.54, 1.807) is 19.1 Å². The zero-order valence-electron chi connectivity index (χ0n) is 12.0. The summed E-state index contributed by atoms with van der Waals surface area (Å²) in [6, 6.07) is 4.60. The summed E-state index contributed by atoms with van der Waals surface area (Å²) in [5.41, 5.74) is 6.43. The lowest BCUT2D eigenvalue weighted by Gasteiger charge is -2.09. The minimum atomic E-state index is -0.388. The van der Waals surface area contributed by atoms with Crippen molar-refractivity contribution in [1.82, 2.24) is 10.6 Å². The van der Waals surface area contributed by atoms with Gasteiger partial charge in [-0.15, -0.1) is 0 Å². The van der Waals surface area contributed by atoms with Crippen LogP contribution in [0.4, 0.5) is 4.39 Å². The maximum absolute atomic E-state index is 13.3. The van der Waals surface area contributed by atoms with E-state index in [4.69, 9.17) is 5.73 Å². The number of nitrogens with one attached hydrogen (secondary N) is 2. The number of aryl methyl sites for hydroxylation is 1. The Morgan fingerprint density at radius 2 is 2.15 bits per heavy atom. The molecule has 5 nitrogen and oxygen atoms in total. The molecule has 0 aromatic heterocycles. The van der Waals surface area contributed by atoms with E-state index in [2.05, 4.69) is 15.6 Å². The molecule has 110 valence electrons. The van der Waals surface area contributed by atoms with E-state index in [1.807, 2.05) is 13.8 Å². The second-order valence-corrected chi connectivity index (χ2v) is 4.79. The Morgan fingerprint density at radius 3 is 2.75 bits per heavy atom. The van der Waals surface area contributed by atoms with Gasteiger partial charge < -0.3 is 16.4 Å². The van der Waals surface area contributed by atoms with Gasteiger partial charge in [0.25, 0.3) is 5.91 Å². The molecule has 0 bridgehead atoms. The molecule has 0 aliphatic rings. The van der Waals surface area contributed by atoms with Crippen molar-refractivity contribution >= 4 is 11.9 Å². The van der Waals surface area contributed by atoms with Crippen molar-refractivity contribution < 1.29 is 9.18 Å². The second-order valence-electron chi connectivity index (χ2n) is 4.79. The van der Waals surface area contributed by atoms with Crippen LogP contribution < -0.4 is 16.4 Å². The minimum Gasteiger partial charge on any atom is -0.370 e. The number of hydrogen-bond acceptors (Lipinski definition) is 2. The number of guanidine groups is 1. The lowest BCUT2D eigenvalue weighted by atomic mass is 10.1. The topological polar surface area (TPSA) is 79.5 Å². The minimum absolute atomic E-state index is 0.212. The molecule has 4 N–H and O–H groups in total. The molecule has 0 spiro atoms. The smallest absolute Gasteiger partial charge is 0.251 e. The number of amides is 1. The SMILES string of the molecule is Cc1ccc(C(=O)NCCN=C(N)NC(C)C)cc1F. The Hall–Kier alpha value is -2.11. The third kappa shape index (κ3) is 5.26. The Balaban J connectivity index is 2.42. The van der Waals surface area contributed by atoms with Crippen LogP contribution in [0.5, 0.6) is 0 Å².